The molecule has 0 aromatic heterocycles. The molecular formula is C21H25F3N2O3. The van der Waals surface area contributed by atoms with Crippen LogP contribution in [0.3, 0.4) is 0 Å². The summed E-state index contributed by atoms with van der Waals surface area (Å²) in [6, 6.07) is 3.01. The summed E-state index contributed by atoms with van der Waals surface area (Å²) in [6.07, 6.45) is 3.91. The number of ether oxygens (including phenoxy) is 1. The van der Waals surface area contributed by atoms with Crippen molar-refractivity contribution in [2.45, 2.75) is 57.9 Å². The minimum Gasteiger partial charge on any atom is -0.495 e. The van der Waals surface area contributed by atoms with Gasteiger partial charge in [-0.15, -0.1) is 0 Å². The van der Waals surface area contributed by atoms with Gasteiger partial charge in [-0.1, -0.05) is 24.3 Å². The summed E-state index contributed by atoms with van der Waals surface area (Å²) in [5.74, 6) is 0.795. The smallest absolute Gasteiger partial charge is 0.423 e. The largest absolute Gasteiger partial charge is 0.495 e. The van der Waals surface area contributed by atoms with Gasteiger partial charge in [-0.25, -0.2) is 0 Å². The highest BCUT2D eigenvalue weighted by Crippen LogP contribution is 2.38. The number of hydrogen-bond donors (Lipinski definition) is 1. The lowest BCUT2D eigenvalue weighted by atomic mass is 9.92. The summed E-state index contributed by atoms with van der Waals surface area (Å²) < 4.78 is 45.2. The van der Waals surface area contributed by atoms with E-state index < -0.39 is 22.4 Å². The van der Waals surface area contributed by atoms with Crippen LogP contribution in [0.25, 0.3) is 0 Å². The topological polar surface area (TPSA) is 64.4 Å². The highest BCUT2D eigenvalue weighted by Gasteiger charge is 2.38. The SMILES string of the molecule is C=C(C)/C=C\C=C(/C)OC1CCC(Nc2ccc([N+](=O)[O-])c(C(F)(F)F)c2)CC1. The van der Waals surface area contributed by atoms with Crippen LogP contribution in [0, 0.1) is 10.1 Å². The number of nitro benzene ring substituents is 1. The maximum atomic E-state index is 13.1. The van der Waals surface area contributed by atoms with Gasteiger partial charge < -0.3 is 10.1 Å². The minimum absolute atomic E-state index is 0.00927. The molecule has 2 rings (SSSR count). The maximum absolute atomic E-state index is 13.1. The second-order valence-electron chi connectivity index (χ2n) is 7.21. The van der Waals surface area contributed by atoms with Crippen molar-refractivity contribution in [3.63, 3.8) is 0 Å². The molecule has 0 unspecified atom stereocenters. The summed E-state index contributed by atoms with van der Waals surface area (Å²) in [4.78, 5) is 9.83. The van der Waals surface area contributed by atoms with Gasteiger partial charge in [-0.2, -0.15) is 13.2 Å². The fraction of sp³-hybridized carbons (Fsp3) is 0.429. The van der Waals surface area contributed by atoms with Crippen molar-refractivity contribution in [3.05, 3.63) is 70.0 Å². The number of nitrogens with zero attached hydrogens (tertiary/aromatic N) is 1. The molecule has 0 saturated heterocycles. The fourth-order valence-electron chi connectivity index (χ4n) is 3.22. The second-order valence-corrected chi connectivity index (χ2v) is 7.21. The summed E-state index contributed by atoms with van der Waals surface area (Å²) in [5.41, 5.74) is -1.01. The van der Waals surface area contributed by atoms with Gasteiger partial charge in [0.25, 0.3) is 5.69 Å². The monoisotopic (exact) mass is 410 g/mol. The molecule has 1 aromatic carbocycles. The Balaban J connectivity index is 1.94. The maximum Gasteiger partial charge on any atom is 0.423 e. The molecule has 1 aliphatic rings. The Hall–Kier alpha value is -2.77. The van der Waals surface area contributed by atoms with Crippen LogP contribution in [-0.2, 0) is 10.9 Å². The van der Waals surface area contributed by atoms with E-state index in [2.05, 4.69) is 11.9 Å². The quantitative estimate of drug-likeness (QED) is 0.245. The number of allylic oxidation sites excluding steroid dienone is 5. The molecule has 1 aliphatic carbocycles. The first-order valence-corrected chi connectivity index (χ1v) is 9.35. The zero-order chi connectivity index (χ0) is 21.6. The summed E-state index contributed by atoms with van der Waals surface area (Å²) in [6.45, 7) is 7.56. The van der Waals surface area contributed by atoms with E-state index in [0.29, 0.717) is 0 Å². The number of halogens is 3. The summed E-state index contributed by atoms with van der Waals surface area (Å²) >= 11 is 0. The minimum atomic E-state index is -4.78. The first kappa shape index (κ1) is 22.5. The van der Waals surface area contributed by atoms with Crippen molar-refractivity contribution in [2.75, 3.05) is 5.32 Å². The van der Waals surface area contributed by atoms with E-state index in [9.17, 15) is 23.3 Å². The number of nitrogens with one attached hydrogen (secondary N) is 1. The normalized spacial score (nSPS) is 20.5. The molecule has 5 nitrogen and oxygen atoms in total. The van der Waals surface area contributed by atoms with E-state index in [1.807, 2.05) is 32.1 Å². The number of benzene rings is 1. The Morgan fingerprint density at radius 1 is 1.28 bits per heavy atom. The Kier molecular flexibility index (Phi) is 7.47. The highest BCUT2D eigenvalue weighted by molar-refractivity contribution is 5.55. The van der Waals surface area contributed by atoms with Crippen LogP contribution in [0.15, 0.2) is 54.3 Å². The third kappa shape index (κ3) is 6.96. The van der Waals surface area contributed by atoms with Crippen molar-refractivity contribution in [1.29, 1.82) is 0 Å². The van der Waals surface area contributed by atoms with Gasteiger partial charge in [0.15, 0.2) is 0 Å². The lowest BCUT2D eigenvalue weighted by Crippen LogP contribution is -2.29. The Labute approximate surface area is 168 Å². The van der Waals surface area contributed by atoms with E-state index in [0.717, 1.165) is 49.1 Å². The van der Waals surface area contributed by atoms with Crippen LogP contribution in [-0.4, -0.2) is 17.1 Å². The van der Waals surface area contributed by atoms with E-state index in [1.54, 1.807) is 0 Å². The van der Waals surface area contributed by atoms with Crippen LogP contribution < -0.4 is 5.32 Å². The van der Waals surface area contributed by atoms with E-state index >= 15 is 0 Å². The molecule has 1 saturated carbocycles. The van der Waals surface area contributed by atoms with Gasteiger partial charge in [-0.3, -0.25) is 10.1 Å². The van der Waals surface area contributed by atoms with Crippen molar-refractivity contribution in [2.24, 2.45) is 0 Å². The zero-order valence-electron chi connectivity index (χ0n) is 16.5. The molecule has 0 bridgehead atoms. The lowest BCUT2D eigenvalue weighted by Gasteiger charge is -2.30. The van der Waals surface area contributed by atoms with Gasteiger partial charge in [0.2, 0.25) is 0 Å². The molecule has 0 heterocycles. The lowest BCUT2D eigenvalue weighted by molar-refractivity contribution is -0.388. The van der Waals surface area contributed by atoms with Crippen molar-refractivity contribution in [3.8, 4) is 0 Å². The van der Waals surface area contributed by atoms with Crippen LogP contribution in [0.4, 0.5) is 24.5 Å². The second kappa shape index (κ2) is 9.62. The van der Waals surface area contributed by atoms with Crippen LogP contribution in [0.1, 0.15) is 45.1 Å². The highest BCUT2D eigenvalue weighted by atomic mass is 19.4. The molecule has 1 aromatic rings. The molecule has 0 spiro atoms. The molecule has 29 heavy (non-hydrogen) atoms. The third-order valence-electron chi connectivity index (χ3n) is 4.61. The van der Waals surface area contributed by atoms with Gasteiger partial charge in [0, 0.05) is 17.8 Å². The number of alkyl halides is 3. The molecule has 1 N–H and O–H groups in total. The zero-order valence-corrected chi connectivity index (χ0v) is 16.5. The molecular weight excluding hydrogens is 385 g/mol. The van der Waals surface area contributed by atoms with Crippen LogP contribution in [0.5, 0.6) is 0 Å². The number of anilines is 1. The molecule has 0 amide bonds. The molecule has 0 radical (unpaired) electrons. The summed E-state index contributed by atoms with van der Waals surface area (Å²) in [5, 5.41) is 13.9. The Morgan fingerprint density at radius 2 is 1.93 bits per heavy atom. The number of nitro groups is 1. The first-order chi connectivity index (χ1) is 13.6. The van der Waals surface area contributed by atoms with Crippen LogP contribution in [0.2, 0.25) is 0 Å². The number of hydrogen-bond acceptors (Lipinski definition) is 4. The van der Waals surface area contributed by atoms with Gasteiger partial charge in [0.05, 0.1) is 16.8 Å². The Morgan fingerprint density at radius 3 is 2.48 bits per heavy atom. The molecule has 8 heteroatoms. The van der Waals surface area contributed by atoms with Crippen molar-refractivity contribution < 1.29 is 22.8 Å². The average Bonchev–Trinajstić information content (AvgIpc) is 2.62. The fourth-order valence-corrected chi connectivity index (χ4v) is 3.22. The van der Waals surface area contributed by atoms with Crippen molar-refractivity contribution >= 4 is 11.4 Å². The van der Waals surface area contributed by atoms with Crippen molar-refractivity contribution in [1.82, 2.24) is 0 Å². The van der Waals surface area contributed by atoms with Crippen LogP contribution >= 0.6 is 0 Å². The predicted octanol–water partition coefficient (Wildman–Crippen LogP) is 6.39. The molecule has 158 valence electrons. The molecule has 0 aliphatic heterocycles. The third-order valence-corrected chi connectivity index (χ3v) is 4.61. The number of rotatable bonds is 7. The summed E-state index contributed by atoms with van der Waals surface area (Å²) in [7, 11) is 0. The Bertz CT molecular complexity index is 808. The standard InChI is InChI=1S/C21H25F3N2O3/c1-14(2)5-4-6-15(3)29-18-10-7-16(8-11-18)25-17-9-12-20(26(27)28)19(13-17)21(22,23)24/h4-6,9,12-13,16,18,25H,1,7-8,10-11H2,2-3H3/b5-4-,15-6+. The van der Waals surface area contributed by atoms with E-state index in [1.165, 1.54) is 6.07 Å². The van der Waals surface area contributed by atoms with Gasteiger partial charge in [0.1, 0.15) is 5.56 Å². The van der Waals surface area contributed by atoms with E-state index in [4.69, 9.17) is 4.74 Å². The first-order valence-electron chi connectivity index (χ1n) is 9.35. The predicted molar refractivity (Wildman–Crippen MR) is 107 cm³/mol. The van der Waals surface area contributed by atoms with Gasteiger partial charge in [-0.05, 0) is 57.7 Å². The van der Waals surface area contributed by atoms with Gasteiger partial charge >= 0.3 is 6.18 Å². The van der Waals surface area contributed by atoms with E-state index in [-0.39, 0.29) is 17.8 Å². The molecule has 0 atom stereocenters. The molecule has 1 fully saturated rings. The average molecular weight is 410 g/mol.